The van der Waals surface area contributed by atoms with E-state index >= 15 is 0 Å². The van der Waals surface area contributed by atoms with Gasteiger partial charge in [0.1, 0.15) is 30.0 Å². The number of benzene rings is 3. The van der Waals surface area contributed by atoms with Crippen molar-refractivity contribution < 1.29 is 48.3 Å². The van der Waals surface area contributed by atoms with Crippen LogP contribution in [0.25, 0.3) is 0 Å². The van der Waals surface area contributed by atoms with Crippen molar-refractivity contribution >= 4 is 24.1 Å². The lowest BCUT2D eigenvalue weighted by Gasteiger charge is -2.24. The van der Waals surface area contributed by atoms with Crippen molar-refractivity contribution in [2.45, 2.75) is 51.5 Å². The predicted octanol–water partition coefficient (Wildman–Crippen LogP) is 2.77. The fourth-order valence-corrected chi connectivity index (χ4v) is 4.32. The quantitative estimate of drug-likeness (QED) is 0.136. The van der Waals surface area contributed by atoms with Gasteiger partial charge in [0.2, 0.25) is 12.7 Å². The van der Waals surface area contributed by atoms with Gasteiger partial charge in [-0.3, -0.25) is 9.59 Å². The number of ether oxygens (including phenoxy) is 5. The van der Waals surface area contributed by atoms with E-state index in [1.54, 1.807) is 51.1 Å². The topological polar surface area (TPSA) is 186 Å². The second-order valence-electron chi connectivity index (χ2n) is 11.4. The van der Waals surface area contributed by atoms with Gasteiger partial charge in [0.15, 0.2) is 23.0 Å². The van der Waals surface area contributed by atoms with Crippen LogP contribution in [0.3, 0.4) is 0 Å². The molecule has 1 aliphatic heterocycles. The Bertz CT molecular complexity index is 1590. The first kappa shape index (κ1) is 34.4. The van der Waals surface area contributed by atoms with Crippen LogP contribution in [0.2, 0.25) is 0 Å². The fraction of sp³-hybridized carbons (Fsp3) is 0.333. The molecule has 250 valence electrons. The zero-order valence-electron chi connectivity index (χ0n) is 26.4. The molecule has 0 bridgehead atoms. The molecular weight excluding hydrogens is 612 g/mol. The maximum atomic E-state index is 13.2. The first-order valence-corrected chi connectivity index (χ1v) is 14.6. The molecule has 0 aliphatic carbocycles. The molecule has 47 heavy (non-hydrogen) atoms. The first-order chi connectivity index (χ1) is 22.4. The van der Waals surface area contributed by atoms with Crippen LogP contribution in [0.5, 0.6) is 28.7 Å². The Labute approximate surface area is 271 Å². The molecule has 5 N–H and O–H groups in total. The summed E-state index contributed by atoms with van der Waals surface area (Å²) in [6, 6.07) is 14.2. The smallest absolute Gasteiger partial charge is 0.408 e. The molecule has 0 saturated carbocycles. The number of phenols is 1. The minimum Gasteiger partial charge on any atom is -0.508 e. The lowest BCUT2D eigenvalue weighted by atomic mass is 10.0. The van der Waals surface area contributed by atoms with Crippen LogP contribution in [0.1, 0.15) is 37.5 Å². The number of phenolic OH excluding ortho intramolecular Hbond substituents is 1. The lowest BCUT2D eigenvalue weighted by Crippen LogP contribution is -2.55. The van der Waals surface area contributed by atoms with E-state index in [2.05, 4.69) is 21.2 Å². The van der Waals surface area contributed by atoms with Crippen LogP contribution in [-0.4, -0.2) is 72.5 Å². The van der Waals surface area contributed by atoms with E-state index in [-0.39, 0.29) is 25.6 Å². The van der Waals surface area contributed by atoms with Crippen molar-refractivity contribution in [1.29, 1.82) is 0 Å². The number of nitrogens with one attached hydrogen (secondary N) is 3. The molecular formula is C33H38N4O10. The molecule has 0 aromatic heterocycles. The minimum atomic E-state index is -1.39. The predicted molar refractivity (Wildman–Crippen MR) is 170 cm³/mol. The van der Waals surface area contributed by atoms with Gasteiger partial charge in [0.25, 0.3) is 5.91 Å². The van der Waals surface area contributed by atoms with Crippen LogP contribution >= 0.6 is 0 Å². The number of hydrazone groups is 1. The van der Waals surface area contributed by atoms with E-state index in [1.165, 1.54) is 25.5 Å². The average molecular weight is 651 g/mol. The van der Waals surface area contributed by atoms with E-state index < -0.39 is 42.2 Å². The zero-order valence-corrected chi connectivity index (χ0v) is 26.4. The highest BCUT2D eigenvalue weighted by molar-refractivity contribution is 5.92. The Morgan fingerprint density at radius 3 is 2.34 bits per heavy atom. The molecule has 0 radical (unpaired) electrons. The molecule has 0 saturated heterocycles. The summed E-state index contributed by atoms with van der Waals surface area (Å²) in [7, 11) is 1.50. The molecule has 3 aromatic rings. The van der Waals surface area contributed by atoms with Gasteiger partial charge in [-0.15, -0.1) is 0 Å². The molecule has 0 unspecified atom stereocenters. The summed E-state index contributed by atoms with van der Waals surface area (Å²) >= 11 is 0. The number of hydrogen-bond acceptors (Lipinski definition) is 11. The SMILES string of the molecule is COc1cc(/C=N\NC(=O)[C@H](Cc2ccc(O)cc2)NC(=O)[C@H](CO)NC(=O)OC(C)(C)C)ccc1OCc1ccc2c(c1)OCO2. The number of hydrogen-bond donors (Lipinski definition) is 5. The van der Waals surface area contributed by atoms with E-state index in [1.807, 2.05) is 18.2 Å². The molecule has 14 heteroatoms. The van der Waals surface area contributed by atoms with E-state index in [0.717, 1.165) is 5.56 Å². The molecule has 0 spiro atoms. The number of nitrogens with zero attached hydrogens (tertiary/aromatic N) is 1. The molecule has 3 aromatic carbocycles. The number of alkyl carbamates (subject to hydrolysis) is 1. The third-order valence-corrected chi connectivity index (χ3v) is 6.61. The average Bonchev–Trinajstić information content (AvgIpc) is 3.50. The maximum absolute atomic E-state index is 13.2. The Morgan fingerprint density at radius 2 is 1.64 bits per heavy atom. The Morgan fingerprint density at radius 1 is 0.915 bits per heavy atom. The summed E-state index contributed by atoms with van der Waals surface area (Å²) in [5.41, 5.74) is 3.67. The van der Waals surface area contributed by atoms with Gasteiger partial charge in [-0.05, 0) is 79.9 Å². The van der Waals surface area contributed by atoms with E-state index in [4.69, 9.17) is 23.7 Å². The van der Waals surface area contributed by atoms with Crippen molar-refractivity contribution in [2.75, 3.05) is 20.5 Å². The van der Waals surface area contributed by atoms with Gasteiger partial charge in [-0.25, -0.2) is 10.2 Å². The first-order valence-electron chi connectivity index (χ1n) is 14.6. The van der Waals surface area contributed by atoms with Crippen molar-refractivity contribution in [1.82, 2.24) is 16.1 Å². The molecule has 3 amide bonds. The number of amides is 3. The maximum Gasteiger partial charge on any atom is 0.408 e. The number of carbonyl (C=O) groups is 3. The van der Waals surface area contributed by atoms with Gasteiger partial charge >= 0.3 is 6.09 Å². The zero-order chi connectivity index (χ0) is 34.0. The Kier molecular flexibility index (Phi) is 11.5. The number of aliphatic hydroxyl groups excluding tert-OH is 1. The minimum absolute atomic E-state index is 0.0151. The van der Waals surface area contributed by atoms with E-state index in [0.29, 0.717) is 34.1 Å². The lowest BCUT2D eigenvalue weighted by molar-refractivity contribution is -0.130. The molecule has 1 heterocycles. The highest BCUT2D eigenvalue weighted by atomic mass is 16.7. The van der Waals surface area contributed by atoms with Crippen molar-refractivity contribution in [3.05, 3.63) is 77.4 Å². The monoisotopic (exact) mass is 650 g/mol. The molecule has 14 nitrogen and oxygen atoms in total. The Balaban J connectivity index is 1.40. The largest absolute Gasteiger partial charge is 0.508 e. The van der Waals surface area contributed by atoms with Crippen LogP contribution < -0.4 is 35.0 Å². The van der Waals surface area contributed by atoms with Crippen LogP contribution in [-0.2, 0) is 27.4 Å². The summed E-state index contributed by atoms with van der Waals surface area (Å²) in [4.78, 5) is 38.4. The van der Waals surface area contributed by atoms with Crippen molar-refractivity contribution in [2.24, 2.45) is 5.10 Å². The van der Waals surface area contributed by atoms with Crippen molar-refractivity contribution in [3.8, 4) is 28.7 Å². The van der Waals surface area contributed by atoms with Crippen molar-refractivity contribution in [3.63, 3.8) is 0 Å². The summed E-state index contributed by atoms with van der Waals surface area (Å²) in [5.74, 6) is 0.801. The summed E-state index contributed by atoms with van der Waals surface area (Å²) in [6.07, 6.45) is 0.499. The summed E-state index contributed by atoms with van der Waals surface area (Å²) in [5, 5.41) is 28.3. The van der Waals surface area contributed by atoms with Gasteiger partial charge in [-0.2, -0.15) is 5.10 Å². The Hall–Kier alpha value is -5.50. The highest BCUT2D eigenvalue weighted by Crippen LogP contribution is 2.34. The number of fused-ring (bicyclic) bond motifs is 1. The second kappa shape index (κ2) is 15.7. The van der Waals surface area contributed by atoms with Crippen LogP contribution in [0.4, 0.5) is 4.79 Å². The highest BCUT2D eigenvalue weighted by Gasteiger charge is 2.28. The molecule has 2 atom stereocenters. The van der Waals surface area contributed by atoms with Gasteiger partial charge < -0.3 is 44.5 Å². The number of carbonyl (C=O) groups excluding carboxylic acids is 3. The summed E-state index contributed by atoms with van der Waals surface area (Å²) < 4.78 is 27.3. The number of methoxy groups -OCH3 is 1. The summed E-state index contributed by atoms with van der Waals surface area (Å²) in [6.45, 7) is 4.66. The fourth-order valence-electron chi connectivity index (χ4n) is 4.32. The van der Waals surface area contributed by atoms with Crippen LogP contribution in [0.15, 0.2) is 65.8 Å². The normalized spacial score (nSPS) is 13.4. The van der Waals surface area contributed by atoms with E-state index in [9.17, 15) is 24.6 Å². The number of aromatic hydroxyl groups is 1. The standard InChI is InChI=1S/C33H38N4O10/c1-33(2,3)47-32(42)36-25(17-38)30(40)35-24(13-20-5-9-23(39)10-6-20)31(41)37-34-16-21-7-11-26(28(14-21)43-4)44-18-22-8-12-27-29(15-22)46-19-45-27/h5-12,14-16,24-25,38-39H,13,17-19H2,1-4H3,(H,35,40)(H,36,42)(H,37,41)/b34-16-/t24-,25-/m0/s1. The number of aliphatic hydroxyl groups is 1. The van der Waals surface area contributed by atoms with Crippen LogP contribution in [0, 0.1) is 0 Å². The third-order valence-electron chi connectivity index (χ3n) is 6.61. The van der Waals surface area contributed by atoms with Gasteiger partial charge in [0, 0.05) is 6.42 Å². The molecule has 1 aliphatic rings. The van der Waals surface area contributed by atoms with Gasteiger partial charge in [-0.1, -0.05) is 18.2 Å². The number of rotatable bonds is 13. The van der Waals surface area contributed by atoms with Gasteiger partial charge in [0.05, 0.1) is 19.9 Å². The third kappa shape index (κ3) is 10.3. The second-order valence-corrected chi connectivity index (χ2v) is 11.4. The molecule has 4 rings (SSSR count). The molecule has 0 fully saturated rings.